The van der Waals surface area contributed by atoms with Crippen LogP contribution in [0.2, 0.25) is 0 Å². The molecule has 0 fully saturated rings. The number of likely N-dealkylation sites (N-methyl/N-ethyl adjacent to an activating group) is 1. The lowest BCUT2D eigenvalue weighted by atomic mass is 10.0. The van der Waals surface area contributed by atoms with Crippen LogP contribution in [0, 0.1) is 0 Å². The molecule has 0 saturated heterocycles. The number of hydrogen-bond acceptors (Lipinski definition) is 3. The van der Waals surface area contributed by atoms with Crippen LogP contribution in [0.5, 0.6) is 0 Å². The lowest BCUT2D eigenvalue weighted by Gasteiger charge is -2.34. The smallest absolute Gasteiger partial charge is 0.0695 e. The quantitative estimate of drug-likeness (QED) is 0.592. The van der Waals surface area contributed by atoms with Crippen molar-refractivity contribution in [3.05, 3.63) is 0 Å². The van der Waals surface area contributed by atoms with Crippen LogP contribution in [0.1, 0.15) is 60.3 Å². The van der Waals surface area contributed by atoms with E-state index in [-0.39, 0.29) is 6.10 Å². The largest absolute Gasteiger partial charge is 0.391 e. The molecule has 0 aromatic heterocycles. The molecule has 0 heterocycles. The van der Waals surface area contributed by atoms with Crippen molar-refractivity contribution >= 4 is 0 Å². The molecule has 19 heavy (non-hydrogen) atoms. The Morgan fingerprint density at radius 2 is 1.53 bits per heavy atom. The van der Waals surface area contributed by atoms with Gasteiger partial charge < -0.3 is 10.0 Å². The molecular weight excluding hydrogens is 236 g/mol. The first-order valence-electron chi connectivity index (χ1n) is 8.28. The summed E-state index contributed by atoms with van der Waals surface area (Å²) >= 11 is 0. The second-order valence-electron chi connectivity index (χ2n) is 5.34. The van der Waals surface area contributed by atoms with Gasteiger partial charge in [0.2, 0.25) is 0 Å². The van der Waals surface area contributed by atoms with Crippen LogP contribution < -0.4 is 0 Å². The van der Waals surface area contributed by atoms with E-state index in [4.69, 9.17) is 0 Å². The molecule has 0 radical (unpaired) electrons. The molecule has 3 heteroatoms. The molecule has 116 valence electrons. The summed E-state index contributed by atoms with van der Waals surface area (Å²) in [5.41, 5.74) is 0. The number of nitrogens with zero attached hydrogens (tertiary/aromatic N) is 2. The maximum Gasteiger partial charge on any atom is 0.0695 e. The number of hydrogen-bond donors (Lipinski definition) is 1. The monoisotopic (exact) mass is 272 g/mol. The molecule has 2 unspecified atom stereocenters. The van der Waals surface area contributed by atoms with Crippen LogP contribution >= 0.6 is 0 Å². The molecule has 0 saturated carbocycles. The predicted molar refractivity (Wildman–Crippen MR) is 84.6 cm³/mol. The van der Waals surface area contributed by atoms with Crippen molar-refractivity contribution in [2.75, 3.05) is 32.7 Å². The molecule has 0 amide bonds. The number of aliphatic hydroxyl groups is 1. The van der Waals surface area contributed by atoms with Gasteiger partial charge in [0.25, 0.3) is 0 Å². The molecule has 0 aromatic carbocycles. The van der Waals surface area contributed by atoms with Crippen LogP contribution in [-0.2, 0) is 0 Å². The highest BCUT2D eigenvalue weighted by atomic mass is 16.3. The third kappa shape index (κ3) is 7.28. The van der Waals surface area contributed by atoms with E-state index in [0.717, 1.165) is 45.4 Å². The van der Waals surface area contributed by atoms with Crippen molar-refractivity contribution < 1.29 is 5.11 Å². The Morgan fingerprint density at radius 1 is 0.895 bits per heavy atom. The van der Waals surface area contributed by atoms with Gasteiger partial charge in [0, 0.05) is 6.04 Å². The summed E-state index contributed by atoms with van der Waals surface area (Å²) in [5, 5.41) is 10.3. The van der Waals surface area contributed by atoms with E-state index >= 15 is 0 Å². The molecule has 1 N–H and O–H groups in total. The fraction of sp³-hybridized carbons (Fsp3) is 1.00. The van der Waals surface area contributed by atoms with E-state index in [2.05, 4.69) is 44.4 Å². The Bertz CT molecular complexity index is 195. The first-order valence-corrected chi connectivity index (χ1v) is 8.28. The average molecular weight is 272 g/mol. The summed E-state index contributed by atoms with van der Waals surface area (Å²) < 4.78 is 0. The predicted octanol–water partition coefficient (Wildman–Crippen LogP) is 2.98. The van der Waals surface area contributed by atoms with E-state index in [0.29, 0.717) is 6.04 Å². The zero-order chi connectivity index (χ0) is 14.7. The molecule has 0 aliphatic rings. The first kappa shape index (κ1) is 18.9. The molecule has 0 aromatic rings. The van der Waals surface area contributed by atoms with Crippen molar-refractivity contribution in [1.29, 1.82) is 0 Å². The number of rotatable bonds is 12. The summed E-state index contributed by atoms with van der Waals surface area (Å²) in [6.07, 6.45) is 4.06. The fourth-order valence-electron chi connectivity index (χ4n) is 2.86. The van der Waals surface area contributed by atoms with E-state index in [1.54, 1.807) is 0 Å². The van der Waals surface area contributed by atoms with Gasteiger partial charge in [-0.3, -0.25) is 4.90 Å². The SMILES string of the molecule is CCCC(O)C(CC)N(CC)CCCN(CC)CC. The zero-order valence-electron chi connectivity index (χ0n) is 13.9. The first-order chi connectivity index (χ1) is 9.14. The van der Waals surface area contributed by atoms with Gasteiger partial charge in [-0.15, -0.1) is 0 Å². The van der Waals surface area contributed by atoms with E-state index < -0.39 is 0 Å². The normalized spacial score (nSPS) is 15.2. The van der Waals surface area contributed by atoms with Crippen molar-refractivity contribution in [3.8, 4) is 0 Å². The number of aliphatic hydroxyl groups excluding tert-OH is 1. The Hall–Kier alpha value is -0.120. The molecular formula is C16H36N2O. The molecule has 0 rings (SSSR count). The summed E-state index contributed by atoms with van der Waals surface area (Å²) in [5.74, 6) is 0. The minimum Gasteiger partial charge on any atom is -0.391 e. The van der Waals surface area contributed by atoms with Gasteiger partial charge in [0.05, 0.1) is 6.10 Å². The molecule has 0 aliphatic carbocycles. The summed E-state index contributed by atoms with van der Waals surface area (Å²) in [6, 6.07) is 0.335. The standard InChI is InChI=1S/C16H36N2O/c1-6-12-16(19)15(7-2)18(10-5)14-11-13-17(8-3)9-4/h15-16,19H,6-14H2,1-5H3. The summed E-state index contributed by atoms with van der Waals surface area (Å²) in [4.78, 5) is 4.93. The van der Waals surface area contributed by atoms with E-state index in [1.807, 2.05) is 0 Å². The second kappa shape index (κ2) is 11.7. The van der Waals surface area contributed by atoms with Crippen molar-refractivity contribution in [3.63, 3.8) is 0 Å². The highest BCUT2D eigenvalue weighted by Crippen LogP contribution is 2.14. The topological polar surface area (TPSA) is 26.7 Å². The molecule has 0 bridgehead atoms. The Morgan fingerprint density at radius 3 is 1.95 bits per heavy atom. The fourth-order valence-corrected chi connectivity index (χ4v) is 2.86. The highest BCUT2D eigenvalue weighted by molar-refractivity contribution is 4.77. The lowest BCUT2D eigenvalue weighted by Crippen LogP contribution is -2.44. The second-order valence-corrected chi connectivity index (χ2v) is 5.34. The van der Waals surface area contributed by atoms with Crippen LogP contribution in [0.15, 0.2) is 0 Å². The molecule has 0 aliphatic heterocycles. The van der Waals surface area contributed by atoms with Gasteiger partial charge in [-0.1, -0.05) is 41.0 Å². The van der Waals surface area contributed by atoms with Crippen LogP contribution in [0.25, 0.3) is 0 Å². The van der Waals surface area contributed by atoms with Crippen LogP contribution in [0.3, 0.4) is 0 Å². The highest BCUT2D eigenvalue weighted by Gasteiger charge is 2.22. The zero-order valence-corrected chi connectivity index (χ0v) is 13.9. The van der Waals surface area contributed by atoms with Gasteiger partial charge in [0.1, 0.15) is 0 Å². The van der Waals surface area contributed by atoms with Crippen LogP contribution in [0.4, 0.5) is 0 Å². The van der Waals surface area contributed by atoms with Gasteiger partial charge >= 0.3 is 0 Å². The minimum absolute atomic E-state index is 0.164. The van der Waals surface area contributed by atoms with Crippen LogP contribution in [-0.4, -0.2) is 59.8 Å². The average Bonchev–Trinajstić information content (AvgIpc) is 2.42. The van der Waals surface area contributed by atoms with Gasteiger partial charge in [0.15, 0.2) is 0 Å². The molecule has 2 atom stereocenters. The minimum atomic E-state index is -0.164. The molecule has 3 nitrogen and oxygen atoms in total. The maximum atomic E-state index is 10.3. The van der Waals surface area contributed by atoms with E-state index in [1.165, 1.54) is 13.0 Å². The van der Waals surface area contributed by atoms with Gasteiger partial charge in [-0.05, 0) is 52.0 Å². The van der Waals surface area contributed by atoms with Crippen molar-refractivity contribution in [1.82, 2.24) is 9.80 Å². The van der Waals surface area contributed by atoms with Gasteiger partial charge in [-0.2, -0.15) is 0 Å². The maximum absolute atomic E-state index is 10.3. The lowest BCUT2D eigenvalue weighted by molar-refractivity contribution is 0.0412. The Kier molecular flexibility index (Phi) is 11.6. The van der Waals surface area contributed by atoms with Gasteiger partial charge in [-0.25, -0.2) is 0 Å². The third-order valence-corrected chi connectivity index (χ3v) is 4.14. The Labute approximate surface area is 121 Å². The third-order valence-electron chi connectivity index (χ3n) is 4.14. The van der Waals surface area contributed by atoms with Crippen molar-refractivity contribution in [2.45, 2.75) is 72.4 Å². The van der Waals surface area contributed by atoms with Crippen molar-refractivity contribution in [2.24, 2.45) is 0 Å². The Balaban J connectivity index is 4.22. The summed E-state index contributed by atoms with van der Waals surface area (Å²) in [7, 11) is 0. The van der Waals surface area contributed by atoms with E-state index in [9.17, 15) is 5.11 Å². The molecule has 0 spiro atoms. The summed E-state index contributed by atoms with van der Waals surface area (Å²) in [6.45, 7) is 16.6.